The summed E-state index contributed by atoms with van der Waals surface area (Å²) in [5, 5.41) is 11.1. The van der Waals surface area contributed by atoms with E-state index < -0.39 is 5.97 Å². The van der Waals surface area contributed by atoms with Crippen molar-refractivity contribution in [2.24, 2.45) is 0 Å². The summed E-state index contributed by atoms with van der Waals surface area (Å²) in [6, 6.07) is 5.22. The van der Waals surface area contributed by atoms with Crippen LogP contribution in [0.5, 0.6) is 11.5 Å². The predicted octanol–water partition coefficient (Wildman–Crippen LogP) is 2.30. The van der Waals surface area contributed by atoms with Crippen LogP contribution in [0.2, 0.25) is 0 Å². The number of hydrogen-bond acceptors (Lipinski definition) is 5. The van der Waals surface area contributed by atoms with Crippen molar-refractivity contribution in [3.63, 3.8) is 0 Å². The van der Waals surface area contributed by atoms with Crippen LogP contribution in [0.25, 0.3) is 6.08 Å². The molecule has 0 fully saturated rings. The summed E-state index contributed by atoms with van der Waals surface area (Å²) in [5.41, 5.74) is 1.80. The summed E-state index contributed by atoms with van der Waals surface area (Å²) in [5.74, 6) is 1.79. The molecule has 0 aliphatic rings. The van der Waals surface area contributed by atoms with Gasteiger partial charge >= 0.3 is 0 Å². The molecule has 1 aromatic heterocycles. The number of aromatic carboxylic acids is 1. The lowest BCUT2D eigenvalue weighted by Gasteiger charge is -2.10. The van der Waals surface area contributed by atoms with Gasteiger partial charge in [0.15, 0.2) is 17.3 Å². The van der Waals surface area contributed by atoms with Gasteiger partial charge < -0.3 is 24.4 Å². The monoisotopic (exact) mass is 366 g/mol. The Bertz CT molecular complexity index is 931. The molecular weight excluding hydrogens is 346 g/mol. The average Bonchev–Trinajstić information content (AvgIpc) is 2.94. The van der Waals surface area contributed by atoms with Crippen LogP contribution in [-0.4, -0.2) is 30.0 Å². The maximum absolute atomic E-state index is 12.5. The van der Waals surface area contributed by atoms with Crippen LogP contribution >= 0.6 is 0 Å². The summed E-state index contributed by atoms with van der Waals surface area (Å²) in [6.07, 6.45) is 8.21. The number of aromatic amines is 1. The minimum atomic E-state index is -1.34. The molecule has 2 rings (SSSR count). The number of H-pyrrole nitrogens is 1. The highest BCUT2D eigenvalue weighted by Gasteiger charge is 2.16. The summed E-state index contributed by atoms with van der Waals surface area (Å²) < 4.78 is 11.0. The molecule has 6 heteroatoms. The lowest BCUT2D eigenvalue weighted by atomic mass is 10.0. The highest BCUT2D eigenvalue weighted by molar-refractivity contribution is 6.10. The SMILES string of the molecule is C#CCOc1ccc(/C=C/C(=O)c2c(C)[nH]c(C(=O)[O-])c2C)cc1OCC. The van der Waals surface area contributed by atoms with E-state index in [-0.39, 0.29) is 18.1 Å². The number of aryl methyl sites for hydroxylation is 1. The molecule has 0 radical (unpaired) electrons. The number of ether oxygens (including phenoxy) is 2. The van der Waals surface area contributed by atoms with Gasteiger partial charge in [-0.2, -0.15) is 0 Å². The second-order valence-electron chi connectivity index (χ2n) is 5.74. The number of ketones is 1. The molecule has 0 amide bonds. The van der Waals surface area contributed by atoms with Gasteiger partial charge in [0.1, 0.15) is 6.61 Å². The van der Waals surface area contributed by atoms with Crippen LogP contribution in [0, 0.1) is 26.2 Å². The van der Waals surface area contributed by atoms with Crippen molar-refractivity contribution in [2.45, 2.75) is 20.8 Å². The van der Waals surface area contributed by atoms with E-state index in [1.165, 1.54) is 6.08 Å². The Morgan fingerprint density at radius 2 is 2.00 bits per heavy atom. The van der Waals surface area contributed by atoms with E-state index in [4.69, 9.17) is 15.9 Å². The Hall–Kier alpha value is -3.46. The number of carboxylic acids is 1. The number of carbonyl (C=O) groups is 2. The zero-order valence-corrected chi connectivity index (χ0v) is 15.4. The number of rotatable bonds is 8. The van der Waals surface area contributed by atoms with E-state index in [1.807, 2.05) is 6.92 Å². The van der Waals surface area contributed by atoms with Gasteiger partial charge in [-0.05, 0) is 50.1 Å². The summed E-state index contributed by atoms with van der Waals surface area (Å²) in [4.78, 5) is 26.3. The zero-order chi connectivity index (χ0) is 20.0. The Kier molecular flexibility index (Phi) is 6.45. The normalized spacial score (nSPS) is 10.6. The van der Waals surface area contributed by atoms with Gasteiger partial charge in [-0.3, -0.25) is 4.79 Å². The molecule has 0 spiro atoms. The van der Waals surface area contributed by atoms with E-state index >= 15 is 0 Å². The van der Waals surface area contributed by atoms with E-state index in [0.717, 1.165) is 5.56 Å². The molecule has 0 aliphatic carbocycles. The van der Waals surface area contributed by atoms with E-state index in [0.29, 0.717) is 34.9 Å². The molecule has 0 saturated heterocycles. The van der Waals surface area contributed by atoms with Crippen LogP contribution in [0.3, 0.4) is 0 Å². The smallest absolute Gasteiger partial charge is 0.187 e. The largest absolute Gasteiger partial charge is 0.543 e. The molecule has 0 bridgehead atoms. The van der Waals surface area contributed by atoms with Crippen molar-refractivity contribution >= 4 is 17.8 Å². The van der Waals surface area contributed by atoms with Crippen LogP contribution in [0.4, 0.5) is 0 Å². The topological polar surface area (TPSA) is 91.5 Å². The molecule has 0 atom stereocenters. The molecule has 0 aliphatic heterocycles. The predicted molar refractivity (Wildman–Crippen MR) is 99.9 cm³/mol. The second-order valence-corrected chi connectivity index (χ2v) is 5.74. The Balaban J connectivity index is 2.27. The third kappa shape index (κ3) is 4.59. The Morgan fingerprint density at radius 1 is 1.26 bits per heavy atom. The molecule has 0 saturated carbocycles. The fourth-order valence-electron chi connectivity index (χ4n) is 2.71. The van der Waals surface area contributed by atoms with Crippen LogP contribution < -0.4 is 14.6 Å². The molecule has 1 heterocycles. The van der Waals surface area contributed by atoms with Gasteiger partial charge in [-0.15, -0.1) is 6.42 Å². The standard InChI is InChI=1S/C21H21NO5/c1-5-11-27-17-10-8-15(12-18(17)26-6-2)7-9-16(23)19-13(3)20(21(24)25)22-14(19)4/h1,7-10,12,22H,6,11H2,2-4H3,(H,24,25)/p-1/b9-7+. The van der Waals surface area contributed by atoms with Crippen LogP contribution in [-0.2, 0) is 0 Å². The van der Waals surface area contributed by atoms with E-state index in [1.54, 1.807) is 38.1 Å². The zero-order valence-electron chi connectivity index (χ0n) is 15.4. The molecule has 1 N–H and O–H groups in total. The minimum absolute atomic E-state index is 0.0853. The third-order valence-electron chi connectivity index (χ3n) is 3.89. The van der Waals surface area contributed by atoms with Gasteiger partial charge in [-0.1, -0.05) is 18.1 Å². The van der Waals surface area contributed by atoms with Gasteiger partial charge in [0, 0.05) is 11.3 Å². The Morgan fingerprint density at radius 3 is 2.59 bits per heavy atom. The third-order valence-corrected chi connectivity index (χ3v) is 3.89. The fraction of sp³-hybridized carbons (Fsp3) is 0.238. The van der Waals surface area contributed by atoms with Crippen molar-refractivity contribution < 1.29 is 24.2 Å². The average molecular weight is 366 g/mol. The summed E-state index contributed by atoms with van der Waals surface area (Å²) in [6.45, 7) is 5.64. The van der Waals surface area contributed by atoms with Gasteiger partial charge in [0.25, 0.3) is 0 Å². The van der Waals surface area contributed by atoms with Crippen molar-refractivity contribution in [2.75, 3.05) is 13.2 Å². The molecule has 2 aromatic rings. The van der Waals surface area contributed by atoms with Crippen molar-refractivity contribution in [3.8, 4) is 23.8 Å². The number of nitrogens with one attached hydrogen (secondary N) is 1. The van der Waals surface area contributed by atoms with Crippen molar-refractivity contribution in [3.05, 3.63) is 52.4 Å². The van der Waals surface area contributed by atoms with Crippen molar-refractivity contribution in [1.29, 1.82) is 0 Å². The van der Waals surface area contributed by atoms with Gasteiger partial charge in [0.2, 0.25) is 0 Å². The molecule has 27 heavy (non-hydrogen) atoms. The first-order valence-electron chi connectivity index (χ1n) is 8.35. The number of hydrogen-bond donors (Lipinski definition) is 1. The number of allylic oxidation sites excluding steroid dienone is 1. The van der Waals surface area contributed by atoms with Crippen LogP contribution in [0.15, 0.2) is 24.3 Å². The number of carboxylic acid groups (broad SMARTS) is 1. The lowest BCUT2D eigenvalue weighted by molar-refractivity contribution is -0.255. The molecule has 6 nitrogen and oxygen atoms in total. The summed E-state index contributed by atoms with van der Waals surface area (Å²) >= 11 is 0. The highest BCUT2D eigenvalue weighted by atomic mass is 16.5. The molecule has 1 aromatic carbocycles. The van der Waals surface area contributed by atoms with E-state index in [2.05, 4.69) is 10.9 Å². The quantitative estimate of drug-likeness (QED) is 0.440. The molecule has 140 valence electrons. The maximum atomic E-state index is 12.5. The maximum Gasteiger partial charge on any atom is 0.187 e. The molecular formula is C21H20NO5-. The molecule has 0 unspecified atom stereocenters. The first-order chi connectivity index (χ1) is 12.9. The number of terminal acetylenes is 1. The summed E-state index contributed by atoms with van der Waals surface area (Å²) in [7, 11) is 0. The van der Waals surface area contributed by atoms with Crippen molar-refractivity contribution in [1.82, 2.24) is 4.98 Å². The fourth-order valence-corrected chi connectivity index (χ4v) is 2.71. The highest BCUT2D eigenvalue weighted by Crippen LogP contribution is 2.29. The van der Waals surface area contributed by atoms with Gasteiger partial charge in [0.05, 0.1) is 18.3 Å². The Labute approximate surface area is 157 Å². The second kappa shape index (κ2) is 8.77. The van der Waals surface area contributed by atoms with E-state index in [9.17, 15) is 14.7 Å². The van der Waals surface area contributed by atoms with Crippen LogP contribution in [0.1, 0.15) is 44.6 Å². The first kappa shape index (κ1) is 19.9. The lowest BCUT2D eigenvalue weighted by Crippen LogP contribution is -2.23. The van der Waals surface area contributed by atoms with Gasteiger partial charge in [-0.25, -0.2) is 0 Å². The number of benzene rings is 1. The number of aromatic nitrogens is 1. The first-order valence-corrected chi connectivity index (χ1v) is 8.35. The minimum Gasteiger partial charge on any atom is -0.543 e. The number of carbonyl (C=O) groups excluding carboxylic acids is 2.